The number of halogens is 1. The molecular formula is C23H25ClN4O2S. The summed E-state index contributed by atoms with van der Waals surface area (Å²) in [4.78, 5) is 22.0. The van der Waals surface area contributed by atoms with Crippen molar-refractivity contribution >= 4 is 29.3 Å². The third kappa shape index (κ3) is 5.11. The van der Waals surface area contributed by atoms with E-state index in [9.17, 15) is 4.79 Å². The monoisotopic (exact) mass is 456 g/mol. The first-order valence-corrected chi connectivity index (χ1v) is 11.7. The van der Waals surface area contributed by atoms with Crippen molar-refractivity contribution in [2.75, 3.05) is 26.2 Å². The lowest BCUT2D eigenvalue weighted by molar-refractivity contribution is 0.0578. The fourth-order valence-electron chi connectivity index (χ4n) is 3.79. The Morgan fingerprint density at radius 2 is 1.97 bits per heavy atom. The van der Waals surface area contributed by atoms with Crippen LogP contribution < -0.4 is 0 Å². The number of hydrogen-bond donors (Lipinski definition) is 0. The van der Waals surface area contributed by atoms with Gasteiger partial charge < -0.3 is 9.42 Å². The van der Waals surface area contributed by atoms with Crippen LogP contribution in [0.3, 0.4) is 0 Å². The van der Waals surface area contributed by atoms with Crippen molar-refractivity contribution in [3.8, 4) is 0 Å². The highest BCUT2D eigenvalue weighted by molar-refractivity contribution is 7.98. The Morgan fingerprint density at radius 1 is 1.19 bits per heavy atom. The van der Waals surface area contributed by atoms with E-state index in [0.29, 0.717) is 24.4 Å². The summed E-state index contributed by atoms with van der Waals surface area (Å²) >= 11 is 7.88. The number of piperazine rings is 1. The van der Waals surface area contributed by atoms with Crippen LogP contribution in [0.2, 0.25) is 5.02 Å². The Balaban J connectivity index is 1.39. The van der Waals surface area contributed by atoms with Crippen LogP contribution >= 0.6 is 23.4 Å². The molecule has 0 bridgehead atoms. The lowest BCUT2D eigenvalue weighted by atomic mass is 10.1. The van der Waals surface area contributed by atoms with Gasteiger partial charge in [-0.2, -0.15) is 0 Å². The van der Waals surface area contributed by atoms with Gasteiger partial charge in [-0.05, 0) is 37.6 Å². The number of rotatable bonds is 6. The Bertz CT molecular complexity index is 1050. The molecule has 1 aliphatic heterocycles. The number of aryl methyl sites for hydroxylation is 1. The average molecular weight is 457 g/mol. The third-order valence-corrected chi connectivity index (χ3v) is 6.92. The van der Waals surface area contributed by atoms with Gasteiger partial charge in [0.15, 0.2) is 0 Å². The number of nitrogens with zero attached hydrogens (tertiary/aromatic N) is 4. The smallest absolute Gasteiger partial charge is 0.256 e. The van der Waals surface area contributed by atoms with E-state index in [4.69, 9.17) is 16.1 Å². The first kappa shape index (κ1) is 21.9. The van der Waals surface area contributed by atoms with E-state index < -0.39 is 0 Å². The Hall–Kier alpha value is -2.35. The van der Waals surface area contributed by atoms with Gasteiger partial charge in [-0.1, -0.05) is 46.7 Å². The van der Waals surface area contributed by atoms with Crippen LogP contribution in [0.15, 0.2) is 58.2 Å². The summed E-state index contributed by atoms with van der Waals surface area (Å²) < 4.78 is 5.12. The standard InChI is InChI=1S/C23H25ClN4O2S/c1-16-14-18(26-30-16)15-31-22-20(7-5-9-25-22)23(29)28-12-10-27(11-13-28)17(2)19-6-3-4-8-21(19)24/h3-9,14,17H,10-13,15H2,1-2H3. The number of benzene rings is 1. The van der Waals surface area contributed by atoms with E-state index in [2.05, 4.69) is 28.0 Å². The minimum absolute atomic E-state index is 0.0250. The predicted molar refractivity (Wildman–Crippen MR) is 122 cm³/mol. The summed E-state index contributed by atoms with van der Waals surface area (Å²) in [7, 11) is 0. The number of pyridine rings is 1. The SMILES string of the molecule is Cc1cc(CSc2ncccc2C(=O)N2CCN(C(C)c3ccccc3Cl)CC2)no1. The molecule has 0 aliphatic carbocycles. The van der Waals surface area contributed by atoms with E-state index in [-0.39, 0.29) is 11.9 Å². The fourth-order valence-corrected chi connectivity index (χ4v) is 4.95. The van der Waals surface area contributed by atoms with Crippen LogP contribution in [-0.2, 0) is 5.75 Å². The molecule has 0 saturated carbocycles. The van der Waals surface area contributed by atoms with Crippen LogP contribution in [0, 0.1) is 6.92 Å². The Kier molecular flexibility index (Phi) is 6.95. The highest BCUT2D eigenvalue weighted by Gasteiger charge is 2.27. The lowest BCUT2D eigenvalue weighted by Crippen LogP contribution is -2.49. The topological polar surface area (TPSA) is 62.5 Å². The van der Waals surface area contributed by atoms with Crippen molar-refractivity contribution in [3.05, 3.63) is 76.3 Å². The van der Waals surface area contributed by atoms with Crippen LogP contribution in [0.4, 0.5) is 0 Å². The van der Waals surface area contributed by atoms with Crippen molar-refractivity contribution in [1.29, 1.82) is 0 Å². The summed E-state index contributed by atoms with van der Waals surface area (Å²) in [5, 5.41) is 5.52. The first-order valence-electron chi connectivity index (χ1n) is 10.3. The molecule has 6 nitrogen and oxygen atoms in total. The second-order valence-electron chi connectivity index (χ2n) is 7.60. The van der Waals surface area contributed by atoms with E-state index in [1.807, 2.05) is 48.2 Å². The second-order valence-corrected chi connectivity index (χ2v) is 8.97. The zero-order valence-corrected chi connectivity index (χ0v) is 19.2. The molecule has 1 amide bonds. The van der Waals surface area contributed by atoms with Crippen molar-refractivity contribution < 1.29 is 9.32 Å². The molecule has 3 aromatic rings. The maximum Gasteiger partial charge on any atom is 0.256 e. The molecule has 1 aromatic carbocycles. The molecule has 4 rings (SSSR count). The van der Waals surface area contributed by atoms with Crippen molar-refractivity contribution in [1.82, 2.24) is 19.9 Å². The molecule has 1 atom stereocenters. The van der Waals surface area contributed by atoms with Crippen LogP contribution in [-0.4, -0.2) is 52.0 Å². The first-order chi connectivity index (χ1) is 15.0. The van der Waals surface area contributed by atoms with E-state index in [1.165, 1.54) is 11.8 Å². The minimum atomic E-state index is 0.0250. The maximum absolute atomic E-state index is 13.2. The van der Waals surface area contributed by atoms with Gasteiger partial charge in [0, 0.05) is 55.3 Å². The Morgan fingerprint density at radius 3 is 2.68 bits per heavy atom. The van der Waals surface area contributed by atoms with E-state index in [1.54, 1.807) is 6.20 Å². The summed E-state index contributed by atoms with van der Waals surface area (Å²) in [5.41, 5.74) is 2.60. The number of thioether (sulfide) groups is 1. The molecule has 0 N–H and O–H groups in total. The molecule has 0 spiro atoms. The van der Waals surface area contributed by atoms with Crippen LogP contribution in [0.1, 0.15) is 40.3 Å². The quantitative estimate of drug-likeness (QED) is 0.494. The molecule has 1 saturated heterocycles. The van der Waals surface area contributed by atoms with Crippen molar-refractivity contribution in [2.45, 2.75) is 30.7 Å². The van der Waals surface area contributed by atoms with Gasteiger partial charge >= 0.3 is 0 Å². The number of carbonyl (C=O) groups excluding carboxylic acids is 1. The summed E-state index contributed by atoms with van der Waals surface area (Å²) in [5.74, 6) is 1.41. The second kappa shape index (κ2) is 9.85. The third-order valence-electron chi connectivity index (χ3n) is 5.54. The van der Waals surface area contributed by atoms with E-state index in [0.717, 1.165) is 40.2 Å². The Labute approximate surface area is 191 Å². The minimum Gasteiger partial charge on any atom is -0.361 e. The number of aromatic nitrogens is 2. The molecular weight excluding hydrogens is 432 g/mol. The molecule has 8 heteroatoms. The summed E-state index contributed by atoms with van der Waals surface area (Å²) in [6.07, 6.45) is 1.72. The van der Waals surface area contributed by atoms with Gasteiger partial charge in [0.05, 0.1) is 11.3 Å². The fraction of sp³-hybridized carbons (Fsp3) is 0.348. The van der Waals surface area contributed by atoms with Gasteiger partial charge in [0.1, 0.15) is 10.8 Å². The largest absolute Gasteiger partial charge is 0.361 e. The summed E-state index contributed by atoms with van der Waals surface area (Å²) in [6.45, 7) is 6.99. The molecule has 2 aromatic heterocycles. The molecule has 1 unspecified atom stereocenters. The average Bonchev–Trinajstić information content (AvgIpc) is 3.22. The van der Waals surface area contributed by atoms with Gasteiger partial charge in [0.2, 0.25) is 0 Å². The normalized spacial score (nSPS) is 15.8. The summed E-state index contributed by atoms with van der Waals surface area (Å²) in [6, 6.07) is 13.7. The highest BCUT2D eigenvalue weighted by atomic mass is 35.5. The molecule has 0 radical (unpaired) electrons. The van der Waals surface area contributed by atoms with Crippen LogP contribution in [0.25, 0.3) is 0 Å². The maximum atomic E-state index is 13.2. The number of amides is 1. The zero-order valence-electron chi connectivity index (χ0n) is 17.6. The van der Waals surface area contributed by atoms with Gasteiger partial charge in [0.25, 0.3) is 5.91 Å². The van der Waals surface area contributed by atoms with Gasteiger partial charge in [-0.25, -0.2) is 4.98 Å². The molecule has 162 valence electrons. The predicted octanol–water partition coefficient (Wildman–Crippen LogP) is 4.84. The molecule has 1 aliphatic rings. The molecule has 31 heavy (non-hydrogen) atoms. The highest BCUT2D eigenvalue weighted by Crippen LogP contribution is 2.29. The van der Waals surface area contributed by atoms with Crippen LogP contribution in [0.5, 0.6) is 0 Å². The van der Waals surface area contributed by atoms with Crippen molar-refractivity contribution in [2.24, 2.45) is 0 Å². The van der Waals surface area contributed by atoms with Gasteiger partial charge in [-0.15, -0.1) is 0 Å². The van der Waals surface area contributed by atoms with Crippen molar-refractivity contribution in [3.63, 3.8) is 0 Å². The molecule has 3 heterocycles. The lowest BCUT2D eigenvalue weighted by Gasteiger charge is -2.38. The van der Waals surface area contributed by atoms with Gasteiger partial charge in [-0.3, -0.25) is 9.69 Å². The zero-order chi connectivity index (χ0) is 21.8. The number of carbonyl (C=O) groups is 1. The van der Waals surface area contributed by atoms with E-state index >= 15 is 0 Å². The molecule has 1 fully saturated rings. The number of hydrogen-bond acceptors (Lipinski definition) is 6.